The van der Waals surface area contributed by atoms with Crippen molar-refractivity contribution in [2.24, 2.45) is 0 Å². The first-order valence-electron chi connectivity index (χ1n) is 10.3. The van der Waals surface area contributed by atoms with Crippen molar-refractivity contribution < 1.29 is 17.6 Å². The summed E-state index contributed by atoms with van der Waals surface area (Å²) in [6.07, 6.45) is 0. The van der Waals surface area contributed by atoms with Crippen molar-refractivity contribution in [3.05, 3.63) is 94.8 Å². The minimum atomic E-state index is -4.08. The fraction of sp³-hybridized carbons (Fsp3) is 0.240. The number of anilines is 1. The Bertz CT molecular complexity index is 1210. The first kappa shape index (κ1) is 23.5. The highest BCUT2D eigenvalue weighted by Gasteiger charge is 2.28. The van der Waals surface area contributed by atoms with E-state index in [9.17, 15) is 17.6 Å². The van der Waals surface area contributed by atoms with Gasteiger partial charge in [-0.1, -0.05) is 30.3 Å². The average Bonchev–Trinajstić information content (AvgIpc) is 2.75. The van der Waals surface area contributed by atoms with Crippen LogP contribution in [0, 0.1) is 26.6 Å². The third kappa shape index (κ3) is 5.16. The van der Waals surface area contributed by atoms with Crippen molar-refractivity contribution in [2.45, 2.75) is 38.6 Å². The minimum absolute atomic E-state index is 0.0893. The zero-order valence-corrected chi connectivity index (χ0v) is 19.4. The number of nitrogens with one attached hydrogen (secondary N) is 1. The van der Waals surface area contributed by atoms with Crippen LogP contribution in [0.5, 0.6) is 0 Å². The number of nitrogens with zero attached hydrogens (tertiary/aromatic N) is 1. The van der Waals surface area contributed by atoms with Crippen molar-refractivity contribution in [3.63, 3.8) is 0 Å². The second-order valence-corrected chi connectivity index (χ2v) is 9.75. The Morgan fingerprint density at radius 1 is 0.938 bits per heavy atom. The van der Waals surface area contributed by atoms with Crippen LogP contribution in [0.1, 0.15) is 35.2 Å². The molecule has 7 heteroatoms. The van der Waals surface area contributed by atoms with Crippen LogP contribution in [0.2, 0.25) is 0 Å². The first-order valence-corrected chi connectivity index (χ1v) is 11.7. The number of hydrogen-bond acceptors (Lipinski definition) is 3. The normalized spacial score (nSPS) is 12.3. The lowest BCUT2D eigenvalue weighted by molar-refractivity contribution is -0.120. The van der Waals surface area contributed by atoms with Crippen LogP contribution in [-0.2, 0) is 14.8 Å². The third-order valence-corrected chi connectivity index (χ3v) is 7.25. The number of benzene rings is 3. The average molecular weight is 455 g/mol. The lowest BCUT2D eigenvalue weighted by Gasteiger charge is -2.25. The fourth-order valence-electron chi connectivity index (χ4n) is 3.59. The van der Waals surface area contributed by atoms with Gasteiger partial charge in [0.15, 0.2) is 0 Å². The van der Waals surface area contributed by atoms with E-state index >= 15 is 0 Å². The summed E-state index contributed by atoms with van der Waals surface area (Å²) in [4.78, 5) is 12.8. The highest BCUT2D eigenvalue weighted by molar-refractivity contribution is 7.92. The van der Waals surface area contributed by atoms with E-state index in [4.69, 9.17) is 0 Å². The molecule has 1 N–H and O–H groups in total. The largest absolute Gasteiger partial charge is 0.348 e. The molecule has 3 rings (SSSR count). The zero-order valence-electron chi connectivity index (χ0n) is 18.6. The molecule has 0 radical (unpaired) electrons. The van der Waals surface area contributed by atoms with E-state index < -0.39 is 28.3 Å². The van der Waals surface area contributed by atoms with E-state index in [0.717, 1.165) is 33.1 Å². The number of amides is 1. The quantitative estimate of drug-likeness (QED) is 0.556. The Morgan fingerprint density at radius 2 is 1.53 bits per heavy atom. The van der Waals surface area contributed by atoms with Gasteiger partial charge in [-0.15, -0.1) is 0 Å². The first-order chi connectivity index (χ1) is 15.1. The Balaban J connectivity index is 1.88. The maximum atomic E-state index is 13.3. The third-order valence-electron chi connectivity index (χ3n) is 5.46. The van der Waals surface area contributed by atoms with Gasteiger partial charge in [0.05, 0.1) is 16.6 Å². The maximum Gasteiger partial charge on any atom is 0.264 e. The van der Waals surface area contributed by atoms with Crippen molar-refractivity contribution in [1.82, 2.24) is 5.32 Å². The molecule has 0 aliphatic rings. The van der Waals surface area contributed by atoms with Crippen LogP contribution >= 0.6 is 0 Å². The SMILES string of the molecule is Cc1cc(C)c([C@@H](C)NC(=O)CN(c2ccccc2)S(=O)(=O)c2ccc(F)cc2)cc1C. The molecule has 3 aromatic rings. The summed E-state index contributed by atoms with van der Waals surface area (Å²) >= 11 is 0. The zero-order chi connectivity index (χ0) is 23.5. The van der Waals surface area contributed by atoms with Crippen LogP contribution in [0.3, 0.4) is 0 Å². The summed E-state index contributed by atoms with van der Waals surface area (Å²) in [5, 5.41) is 2.91. The summed E-state index contributed by atoms with van der Waals surface area (Å²) in [7, 11) is -4.08. The van der Waals surface area contributed by atoms with E-state index in [2.05, 4.69) is 11.4 Å². The van der Waals surface area contributed by atoms with Gasteiger partial charge in [0.25, 0.3) is 10.0 Å². The smallest absolute Gasteiger partial charge is 0.264 e. The van der Waals surface area contributed by atoms with Gasteiger partial charge < -0.3 is 5.32 Å². The van der Waals surface area contributed by atoms with Crippen molar-refractivity contribution in [2.75, 3.05) is 10.8 Å². The Labute approximate surface area is 188 Å². The molecule has 1 amide bonds. The predicted molar refractivity (Wildman–Crippen MR) is 125 cm³/mol. The van der Waals surface area contributed by atoms with E-state index in [0.29, 0.717) is 5.69 Å². The molecular formula is C25H27FN2O3S. The molecule has 0 fully saturated rings. The standard InChI is InChI=1S/C25H27FN2O3S/c1-17-14-19(3)24(15-18(17)2)20(4)27-25(29)16-28(22-8-6-5-7-9-22)32(30,31)23-12-10-21(26)11-13-23/h5-15,20H,16H2,1-4H3,(H,27,29)/t20-/m1/s1. The number of hydrogen-bond donors (Lipinski definition) is 1. The molecule has 0 aromatic heterocycles. The van der Waals surface area contributed by atoms with E-state index in [1.807, 2.05) is 33.8 Å². The number of aryl methyl sites for hydroxylation is 3. The molecule has 32 heavy (non-hydrogen) atoms. The summed E-state index contributed by atoms with van der Waals surface area (Å²) in [6, 6.07) is 16.8. The monoisotopic (exact) mass is 454 g/mol. The van der Waals surface area contributed by atoms with E-state index in [-0.39, 0.29) is 10.9 Å². The highest BCUT2D eigenvalue weighted by atomic mass is 32.2. The molecule has 0 saturated heterocycles. The van der Waals surface area contributed by atoms with E-state index in [1.54, 1.807) is 30.3 Å². The fourth-order valence-corrected chi connectivity index (χ4v) is 5.01. The molecule has 0 aliphatic carbocycles. The van der Waals surface area contributed by atoms with Crippen LogP contribution in [0.15, 0.2) is 71.6 Å². The van der Waals surface area contributed by atoms with Gasteiger partial charge in [0, 0.05) is 0 Å². The summed E-state index contributed by atoms with van der Waals surface area (Å²) in [5.41, 5.74) is 4.68. The van der Waals surface area contributed by atoms with Crippen LogP contribution < -0.4 is 9.62 Å². The van der Waals surface area contributed by atoms with Gasteiger partial charge in [-0.05, 0) is 86.3 Å². The van der Waals surface area contributed by atoms with Crippen molar-refractivity contribution in [1.29, 1.82) is 0 Å². The van der Waals surface area contributed by atoms with Gasteiger partial charge in [0.1, 0.15) is 12.4 Å². The number of carbonyl (C=O) groups excluding carboxylic acids is 1. The minimum Gasteiger partial charge on any atom is -0.348 e. The van der Waals surface area contributed by atoms with Gasteiger partial charge in [-0.3, -0.25) is 9.10 Å². The molecule has 5 nitrogen and oxygen atoms in total. The Morgan fingerprint density at radius 3 is 2.16 bits per heavy atom. The Kier molecular flexibility index (Phi) is 6.99. The van der Waals surface area contributed by atoms with E-state index in [1.165, 1.54) is 17.7 Å². The molecule has 0 heterocycles. The molecule has 1 atom stereocenters. The number of carbonyl (C=O) groups is 1. The van der Waals surface area contributed by atoms with Gasteiger partial charge in [-0.2, -0.15) is 0 Å². The molecular weight excluding hydrogens is 427 g/mol. The summed E-state index contributed by atoms with van der Waals surface area (Å²) in [6.45, 7) is 7.50. The molecule has 0 spiro atoms. The summed E-state index contributed by atoms with van der Waals surface area (Å²) in [5.74, 6) is -0.977. The maximum absolute atomic E-state index is 13.3. The molecule has 0 unspecified atom stereocenters. The number of para-hydroxylation sites is 1. The summed E-state index contributed by atoms with van der Waals surface area (Å²) < 4.78 is 41.0. The molecule has 0 saturated carbocycles. The number of rotatable bonds is 7. The molecule has 3 aromatic carbocycles. The molecule has 168 valence electrons. The van der Waals surface area contributed by atoms with Crippen molar-refractivity contribution >= 4 is 21.6 Å². The second kappa shape index (κ2) is 9.53. The number of sulfonamides is 1. The molecule has 0 bridgehead atoms. The van der Waals surface area contributed by atoms with Crippen LogP contribution in [0.25, 0.3) is 0 Å². The number of halogens is 1. The Hall–Kier alpha value is -3.19. The lowest BCUT2D eigenvalue weighted by Crippen LogP contribution is -2.41. The van der Waals surface area contributed by atoms with Crippen molar-refractivity contribution in [3.8, 4) is 0 Å². The van der Waals surface area contributed by atoms with Crippen LogP contribution in [0.4, 0.5) is 10.1 Å². The van der Waals surface area contributed by atoms with Gasteiger partial charge >= 0.3 is 0 Å². The highest BCUT2D eigenvalue weighted by Crippen LogP contribution is 2.25. The second-order valence-electron chi connectivity index (χ2n) is 7.88. The topological polar surface area (TPSA) is 66.5 Å². The predicted octanol–water partition coefficient (Wildman–Crippen LogP) is 4.82. The van der Waals surface area contributed by atoms with Gasteiger partial charge in [0.2, 0.25) is 5.91 Å². The van der Waals surface area contributed by atoms with Gasteiger partial charge in [-0.25, -0.2) is 12.8 Å². The lowest BCUT2D eigenvalue weighted by atomic mass is 9.96. The molecule has 0 aliphatic heterocycles. The van der Waals surface area contributed by atoms with Crippen LogP contribution in [-0.4, -0.2) is 20.9 Å².